The number of nitrogens with zero attached hydrogens (tertiary/aromatic N) is 4. The van der Waals surface area contributed by atoms with Gasteiger partial charge < -0.3 is 0 Å². The summed E-state index contributed by atoms with van der Waals surface area (Å²) in [6.45, 7) is 4.21. The molecule has 0 bridgehead atoms. The van der Waals surface area contributed by atoms with Gasteiger partial charge in [-0.25, -0.2) is 9.52 Å². The van der Waals surface area contributed by atoms with Crippen molar-refractivity contribution in [3.05, 3.63) is 23.9 Å². The van der Waals surface area contributed by atoms with Crippen LogP contribution in [-0.4, -0.2) is 32.7 Å². The van der Waals surface area contributed by atoms with Crippen LogP contribution in [0.1, 0.15) is 24.8 Å². The minimum absolute atomic E-state index is 0.692. The minimum Gasteiger partial charge on any atom is -0.286 e. The summed E-state index contributed by atoms with van der Waals surface area (Å²) in [5.41, 5.74) is 5.35. The quantitative estimate of drug-likeness (QED) is 0.856. The van der Waals surface area contributed by atoms with Crippen molar-refractivity contribution in [2.45, 2.75) is 26.2 Å². The fourth-order valence-corrected chi connectivity index (χ4v) is 2.18. The van der Waals surface area contributed by atoms with E-state index in [1.165, 1.54) is 24.8 Å². The van der Waals surface area contributed by atoms with Crippen molar-refractivity contribution in [3.63, 3.8) is 0 Å². The van der Waals surface area contributed by atoms with Gasteiger partial charge in [-0.15, -0.1) is 5.10 Å². The zero-order chi connectivity index (χ0) is 11.7. The molecule has 1 aliphatic rings. The third kappa shape index (κ3) is 2.24. The van der Waals surface area contributed by atoms with Gasteiger partial charge >= 0.3 is 0 Å². The average molecular weight is 231 g/mol. The van der Waals surface area contributed by atoms with Gasteiger partial charge in [-0.2, -0.15) is 4.98 Å². The standard InChI is InChI=1S/C12H17N5/c1-10-5-6-11-13-12(15-17(11)9-10)14-16-7-3-2-4-8-16/h5-6,9H,2-4,7-8H2,1H3,(H,14,15). The van der Waals surface area contributed by atoms with Gasteiger partial charge in [-0.1, -0.05) is 12.5 Å². The maximum atomic E-state index is 4.45. The first kappa shape index (κ1) is 10.5. The molecule has 2 aromatic heterocycles. The third-order valence-corrected chi connectivity index (χ3v) is 3.09. The molecule has 3 rings (SSSR count). The van der Waals surface area contributed by atoms with E-state index in [0.29, 0.717) is 5.95 Å². The Morgan fingerprint density at radius 1 is 1.18 bits per heavy atom. The van der Waals surface area contributed by atoms with Crippen molar-refractivity contribution >= 4 is 11.6 Å². The Morgan fingerprint density at radius 2 is 2.00 bits per heavy atom. The van der Waals surface area contributed by atoms with Crippen LogP contribution in [0.4, 0.5) is 5.95 Å². The number of anilines is 1. The van der Waals surface area contributed by atoms with E-state index >= 15 is 0 Å². The molecular weight excluding hydrogens is 214 g/mol. The van der Waals surface area contributed by atoms with Crippen LogP contribution in [0.3, 0.4) is 0 Å². The van der Waals surface area contributed by atoms with E-state index in [0.717, 1.165) is 18.7 Å². The first-order chi connectivity index (χ1) is 8.31. The molecule has 0 spiro atoms. The van der Waals surface area contributed by atoms with Crippen LogP contribution in [-0.2, 0) is 0 Å². The molecule has 0 aromatic carbocycles. The summed E-state index contributed by atoms with van der Waals surface area (Å²) in [6, 6.07) is 4.04. The lowest BCUT2D eigenvalue weighted by Gasteiger charge is -2.25. The molecule has 0 unspecified atom stereocenters. The van der Waals surface area contributed by atoms with Crippen molar-refractivity contribution in [3.8, 4) is 0 Å². The highest BCUT2D eigenvalue weighted by atomic mass is 15.6. The van der Waals surface area contributed by atoms with Gasteiger partial charge in [-0.05, 0) is 31.4 Å². The number of fused-ring (bicyclic) bond motifs is 1. The maximum Gasteiger partial charge on any atom is 0.257 e. The number of hydrogen-bond acceptors (Lipinski definition) is 4. The molecule has 5 heteroatoms. The molecule has 2 aromatic rings. The number of aryl methyl sites for hydroxylation is 1. The summed E-state index contributed by atoms with van der Waals surface area (Å²) < 4.78 is 1.82. The molecule has 0 saturated carbocycles. The van der Waals surface area contributed by atoms with Gasteiger partial charge in [0.05, 0.1) is 0 Å². The predicted octanol–water partition coefficient (Wildman–Crippen LogP) is 1.85. The number of hydrogen-bond donors (Lipinski definition) is 1. The van der Waals surface area contributed by atoms with Crippen molar-refractivity contribution < 1.29 is 0 Å². The number of aromatic nitrogens is 3. The number of nitrogens with one attached hydrogen (secondary N) is 1. The number of hydrazine groups is 1. The molecule has 0 radical (unpaired) electrons. The molecule has 17 heavy (non-hydrogen) atoms. The second kappa shape index (κ2) is 4.33. The molecule has 1 aliphatic heterocycles. The van der Waals surface area contributed by atoms with E-state index in [1.54, 1.807) is 0 Å². The van der Waals surface area contributed by atoms with E-state index in [-0.39, 0.29) is 0 Å². The Hall–Kier alpha value is -1.62. The fourth-order valence-electron chi connectivity index (χ4n) is 2.18. The minimum atomic E-state index is 0.692. The third-order valence-electron chi connectivity index (χ3n) is 3.09. The van der Waals surface area contributed by atoms with Gasteiger partial charge in [0.1, 0.15) is 0 Å². The van der Waals surface area contributed by atoms with Gasteiger partial charge in [-0.3, -0.25) is 5.43 Å². The summed E-state index contributed by atoms with van der Waals surface area (Å²) in [7, 11) is 0. The van der Waals surface area contributed by atoms with E-state index in [9.17, 15) is 0 Å². The number of pyridine rings is 1. The lowest BCUT2D eigenvalue weighted by Crippen LogP contribution is -2.35. The van der Waals surface area contributed by atoms with Crippen LogP contribution < -0.4 is 5.43 Å². The highest BCUT2D eigenvalue weighted by Crippen LogP contribution is 2.11. The lowest BCUT2D eigenvalue weighted by molar-refractivity contribution is 0.271. The fraction of sp³-hybridized carbons (Fsp3) is 0.500. The van der Waals surface area contributed by atoms with Crippen LogP contribution >= 0.6 is 0 Å². The molecular formula is C12H17N5. The molecule has 5 nitrogen and oxygen atoms in total. The second-order valence-electron chi connectivity index (χ2n) is 4.60. The average Bonchev–Trinajstić information content (AvgIpc) is 2.71. The first-order valence-corrected chi connectivity index (χ1v) is 6.16. The molecule has 1 saturated heterocycles. The van der Waals surface area contributed by atoms with Crippen LogP contribution in [0.15, 0.2) is 18.3 Å². The van der Waals surface area contributed by atoms with Crippen molar-refractivity contribution in [2.24, 2.45) is 0 Å². The highest BCUT2D eigenvalue weighted by molar-refractivity contribution is 5.43. The van der Waals surface area contributed by atoms with Crippen LogP contribution in [0, 0.1) is 6.92 Å². The zero-order valence-corrected chi connectivity index (χ0v) is 10.1. The highest BCUT2D eigenvalue weighted by Gasteiger charge is 2.12. The summed E-state index contributed by atoms with van der Waals surface area (Å²) in [5, 5.41) is 6.62. The Morgan fingerprint density at radius 3 is 2.82 bits per heavy atom. The molecule has 0 amide bonds. The second-order valence-corrected chi connectivity index (χ2v) is 4.60. The Labute approximate surface area is 100 Å². The predicted molar refractivity (Wildman–Crippen MR) is 66.8 cm³/mol. The van der Waals surface area contributed by atoms with Crippen molar-refractivity contribution in [2.75, 3.05) is 18.5 Å². The van der Waals surface area contributed by atoms with Crippen LogP contribution in [0.2, 0.25) is 0 Å². The van der Waals surface area contributed by atoms with Crippen LogP contribution in [0.25, 0.3) is 5.65 Å². The zero-order valence-electron chi connectivity index (χ0n) is 10.1. The summed E-state index contributed by atoms with van der Waals surface area (Å²) in [5.74, 6) is 0.692. The summed E-state index contributed by atoms with van der Waals surface area (Å²) >= 11 is 0. The van der Waals surface area contributed by atoms with Gasteiger partial charge in [0.2, 0.25) is 0 Å². The van der Waals surface area contributed by atoms with Crippen LogP contribution in [0.5, 0.6) is 0 Å². The largest absolute Gasteiger partial charge is 0.286 e. The number of rotatable bonds is 2. The molecule has 0 atom stereocenters. The van der Waals surface area contributed by atoms with Crippen molar-refractivity contribution in [1.82, 2.24) is 19.6 Å². The van der Waals surface area contributed by atoms with Crippen molar-refractivity contribution in [1.29, 1.82) is 0 Å². The Kier molecular flexibility index (Phi) is 2.68. The topological polar surface area (TPSA) is 45.5 Å². The Bertz CT molecular complexity index is 513. The number of piperidine rings is 1. The van der Waals surface area contributed by atoms with E-state index < -0.39 is 0 Å². The summed E-state index contributed by atoms with van der Waals surface area (Å²) in [6.07, 6.45) is 5.82. The SMILES string of the molecule is Cc1ccc2nc(NN3CCCCC3)nn2c1. The van der Waals surface area contributed by atoms with Gasteiger partial charge in [0.15, 0.2) is 5.65 Å². The van der Waals surface area contributed by atoms with E-state index in [1.807, 2.05) is 16.8 Å². The molecule has 1 N–H and O–H groups in total. The van der Waals surface area contributed by atoms with Gasteiger partial charge in [0, 0.05) is 19.3 Å². The monoisotopic (exact) mass is 231 g/mol. The maximum absolute atomic E-state index is 4.45. The molecule has 3 heterocycles. The molecule has 90 valence electrons. The summed E-state index contributed by atoms with van der Waals surface area (Å²) in [4.78, 5) is 4.45. The normalized spacial score (nSPS) is 17.5. The first-order valence-electron chi connectivity index (χ1n) is 6.16. The van der Waals surface area contributed by atoms with Gasteiger partial charge in [0.25, 0.3) is 5.95 Å². The van der Waals surface area contributed by atoms with E-state index in [2.05, 4.69) is 33.5 Å². The Balaban J connectivity index is 1.80. The smallest absolute Gasteiger partial charge is 0.257 e. The van der Waals surface area contributed by atoms with E-state index in [4.69, 9.17) is 0 Å². The molecule has 1 fully saturated rings. The lowest BCUT2D eigenvalue weighted by atomic mass is 10.2. The molecule has 0 aliphatic carbocycles.